The van der Waals surface area contributed by atoms with Crippen LogP contribution < -0.4 is 4.74 Å². The number of amides is 1. The Bertz CT molecular complexity index is 1500. The predicted octanol–water partition coefficient (Wildman–Crippen LogP) is 6.35. The van der Waals surface area contributed by atoms with Gasteiger partial charge in [-0.25, -0.2) is 0 Å². The highest BCUT2D eigenvalue weighted by molar-refractivity contribution is 6.46. The van der Waals surface area contributed by atoms with Crippen LogP contribution in [0, 0.1) is 0 Å². The van der Waals surface area contributed by atoms with Crippen LogP contribution in [0.3, 0.4) is 0 Å². The van der Waals surface area contributed by atoms with Crippen LogP contribution in [0.4, 0.5) is 0 Å². The Hall–Kier alpha value is -4.32. The fourth-order valence-electron chi connectivity index (χ4n) is 5.13. The number of aliphatic hydroxyl groups is 1. The van der Waals surface area contributed by atoms with E-state index in [-0.39, 0.29) is 11.3 Å². The predicted molar refractivity (Wildman–Crippen MR) is 149 cm³/mol. The number of aromatic amines is 1. The summed E-state index contributed by atoms with van der Waals surface area (Å²) in [5, 5.41) is 12.4. The van der Waals surface area contributed by atoms with Crippen molar-refractivity contribution in [1.82, 2.24) is 9.88 Å². The zero-order valence-electron chi connectivity index (χ0n) is 21.9. The van der Waals surface area contributed by atoms with E-state index in [0.29, 0.717) is 36.8 Å². The van der Waals surface area contributed by atoms with Crippen LogP contribution in [0.1, 0.15) is 55.0 Å². The van der Waals surface area contributed by atoms with Crippen molar-refractivity contribution in [2.75, 3.05) is 13.2 Å². The molecule has 2 N–H and O–H groups in total. The first-order valence-electron chi connectivity index (χ1n) is 13.1. The molecule has 1 fully saturated rings. The fraction of sp³-hybridized carbons (Fsp3) is 0.250. The summed E-state index contributed by atoms with van der Waals surface area (Å²) in [6.45, 7) is 7.00. The van der Waals surface area contributed by atoms with Crippen molar-refractivity contribution >= 4 is 28.4 Å². The number of likely N-dealkylation sites (tertiary alicyclic amines) is 1. The molecule has 0 radical (unpaired) electrons. The number of ether oxygens (including phenoxy) is 1. The molecule has 1 amide bonds. The van der Waals surface area contributed by atoms with Crippen LogP contribution in [0.15, 0.2) is 84.6 Å². The number of rotatable bonds is 8. The average molecular weight is 509 g/mol. The van der Waals surface area contributed by atoms with Gasteiger partial charge in [0.25, 0.3) is 11.7 Å². The second-order valence-electron chi connectivity index (χ2n) is 9.88. The standard InChI is InChI=1S/C32H32N2O4/c1-4-38-25-15-13-23(14-16-25)30(35)28-29(22-11-9-21(10-12-22)20(2)3)34(32(37)31(28)36)18-17-24-19-33-27-8-6-5-7-26(24)27/h5-16,19-20,29,33,35H,4,17-18H2,1-3H3/t29-/m1/s1. The lowest BCUT2D eigenvalue weighted by Gasteiger charge is -2.25. The van der Waals surface area contributed by atoms with Crippen molar-refractivity contribution in [1.29, 1.82) is 0 Å². The van der Waals surface area contributed by atoms with E-state index in [2.05, 4.69) is 18.8 Å². The lowest BCUT2D eigenvalue weighted by Crippen LogP contribution is -2.31. The molecule has 0 bridgehead atoms. The lowest BCUT2D eigenvalue weighted by atomic mass is 9.93. The third-order valence-electron chi connectivity index (χ3n) is 7.19. The summed E-state index contributed by atoms with van der Waals surface area (Å²) in [5.74, 6) is -0.437. The number of aliphatic hydroxyl groups excluding tert-OH is 1. The van der Waals surface area contributed by atoms with Crippen LogP contribution in [-0.2, 0) is 16.0 Å². The van der Waals surface area contributed by atoms with E-state index in [1.807, 2.05) is 61.7 Å². The van der Waals surface area contributed by atoms with Gasteiger partial charge in [-0.15, -0.1) is 0 Å². The molecular weight excluding hydrogens is 476 g/mol. The molecule has 4 aromatic rings. The molecule has 5 rings (SSSR count). The van der Waals surface area contributed by atoms with Crippen LogP contribution in [-0.4, -0.2) is 39.8 Å². The Morgan fingerprint density at radius 1 is 1.00 bits per heavy atom. The molecule has 0 spiro atoms. The first-order valence-corrected chi connectivity index (χ1v) is 13.1. The number of hydrogen-bond acceptors (Lipinski definition) is 4. The van der Waals surface area contributed by atoms with Crippen molar-refractivity contribution in [2.45, 2.75) is 39.2 Å². The number of nitrogens with zero attached hydrogens (tertiary/aromatic N) is 1. The molecule has 1 saturated heterocycles. The summed E-state index contributed by atoms with van der Waals surface area (Å²) >= 11 is 0. The molecule has 194 valence electrons. The first kappa shape index (κ1) is 25.3. The zero-order chi connectivity index (χ0) is 26.8. The highest BCUT2D eigenvalue weighted by Crippen LogP contribution is 2.40. The number of hydrogen-bond donors (Lipinski definition) is 2. The Labute approximate surface area is 222 Å². The van der Waals surface area contributed by atoms with Gasteiger partial charge in [0.05, 0.1) is 18.2 Å². The number of nitrogens with one attached hydrogen (secondary N) is 1. The van der Waals surface area contributed by atoms with Gasteiger partial charge in [-0.1, -0.05) is 56.3 Å². The van der Waals surface area contributed by atoms with Gasteiger partial charge in [0.15, 0.2) is 0 Å². The SMILES string of the molecule is CCOc1ccc(C(O)=C2C(=O)C(=O)N(CCc3c[nH]c4ccccc34)[C@@H]2c2ccc(C(C)C)cc2)cc1. The van der Waals surface area contributed by atoms with Gasteiger partial charge in [-0.05, 0) is 66.3 Å². The maximum atomic E-state index is 13.4. The molecule has 0 saturated carbocycles. The largest absolute Gasteiger partial charge is 0.507 e. The maximum Gasteiger partial charge on any atom is 0.295 e. The summed E-state index contributed by atoms with van der Waals surface area (Å²) in [5.41, 5.74) is 4.63. The Kier molecular flexibility index (Phi) is 7.05. The minimum atomic E-state index is -0.687. The third kappa shape index (κ3) is 4.70. The Morgan fingerprint density at radius 2 is 1.71 bits per heavy atom. The van der Waals surface area contributed by atoms with Crippen molar-refractivity contribution in [3.63, 3.8) is 0 Å². The zero-order valence-corrected chi connectivity index (χ0v) is 21.9. The van der Waals surface area contributed by atoms with Gasteiger partial charge in [0, 0.05) is 29.2 Å². The Morgan fingerprint density at radius 3 is 2.39 bits per heavy atom. The van der Waals surface area contributed by atoms with E-state index in [0.717, 1.165) is 27.6 Å². The highest BCUT2D eigenvalue weighted by atomic mass is 16.5. The van der Waals surface area contributed by atoms with E-state index in [9.17, 15) is 14.7 Å². The van der Waals surface area contributed by atoms with Gasteiger partial charge in [0.2, 0.25) is 0 Å². The summed E-state index contributed by atoms with van der Waals surface area (Å²) in [6, 6.07) is 22.2. The van der Waals surface area contributed by atoms with Crippen LogP contribution in [0.25, 0.3) is 16.7 Å². The number of para-hydroxylation sites is 1. The maximum absolute atomic E-state index is 13.4. The van der Waals surface area contributed by atoms with Crippen LogP contribution in [0.2, 0.25) is 0 Å². The second-order valence-corrected chi connectivity index (χ2v) is 9.88. The van der Waals surface area contributed by atoms with Gasteiger partial charge >= 0.3 is 0 Å². The average Bonchev–Trinajstić information content (AvgIpc) is 3.46. The summed E-state index contributed by atoms with van der Waals surface area (Å²) in [6.07, 6.45) is 2.52. The number of fused-ring (bicyclic) bond motifs is 1. The number of aromatic nitrogens is 1. The van der Waals surface area contributed by atoms with E-state index < -0.39 is 17.7 Å². The van der Waals surface area contributed by atoms with Crippen molar-refractivity contribution < 1.29 is 19.4 Å². The number of carbonyl (C=O) groups is 2. The molecule has 1 aromatic heterocycles. The summed E-state index contributed by atoms with van der Waals surface area (Å²) in [4.78, 5) is 31.6. The van der Waals surface area contributed by atoms with E-state index >= 15 is 0 Å². The van der Waals surface area contributed by atoms with Crippen molar-refractivity contribution in [2.24, 2.45) is 0 Å². The quantitative estimate of drug-likeness (QED) is 0.165. The number of Topliss-reactive ketones (excluding diaryl/α,β-unsaturated/α-hetero) is 1. The molecule has 1 aliphatic rings. The van der Waals surface area contributed by atoms with E-state index in [4.69, 9.17) is 4.74 Å². The first-order chi connectivity index (χ1) is 18.4. The van der Waals surface area contributed by atoms with Crippen LogP contribution in [0.5, 0.6) is 5.75 Å². The molecule has 1 aliphatic heterocycles. The number of H-pyrrole nitrogens is 1. The van der Waals surface area contributed by atoms with Crippen LogP contribution >= 0.6 is 0 Å². The summed E-state index contributed by atoms with van der Waals surface area (Å²) < 4.78 is 5.51. The van der Waals surface area contributed by atoms with Crippen molar-refractivity contribution in [3.05, 3.63) is 107 Å². The third-order valence-corrected chi connectivity index (χ3v) is 7.19. The minimum absolute atomic E-state index is 0.107. The van der Waals surface area contributed by atoms with Gasteiger partial charge in [-0.3, -0.25) is 9.59 Å². The molecule has 2 heterocycles. The normalized spacial score (nSPS) is 17.1. The topological polar surface area (TPSA) is 82.6 Å². The van der Waals surface area contributed by atoms with Gasteiger partial charge in [-0.2, -0.15) is 0 Å². The van der Waals surface area contributed by atoms with Gasteiger partial charge < -0.3 is 19.7 Å². The second kappa shape index (κ2) is 10.6. The molecule has 0 unspecified atom stereocenters. The molecule has 0 aliphatic carbocycles. The monoisotopic (exact) mass is 508 g/mol. The molecule has 38 heavy (non-hydrogen) atoms. The van der Waals surface area contributed by atoms with Gasteiger partial charge in [0.1, 0.15) is 11.5 Å². The molecule has 3 aromatic carbocycles. The van der Waals surface area contributed by atoms with E-state index in [1.165, 1.54) is 0 Å². The fourth-order valence-corrected chi connectivity index (χ4v) is 5.13. The number of carbonyl (C=O) groups excluding carboxylic acids is 2. The number of ketones is 1. The lowest BCUT2D eigenvalue weighted by molar-refractivity contribution is -0.139. The van der Waals surface area contributed by atoms with E-state index in [1.54, 1.807) is 29.2 Å². The molecule has 1 atom stereocenters. The summed E-state index contributed by atoms with van der Waals surface area (Å²) in [7, 11) is 0. The molecular formula is C32H32N2O4. The number of benzene rings is 3. The van der Waals surface area contributed by atoms with Crippen molar-refractivity contribution in [3.8, 4) is 5.75 Å². The Balaban J connectivity index is 1.54. The molecule has 6 heteroatoms. The smallest absolute Gasteiger partial charge is 0.295 e. The highest BCUT2D eigenvalue weighted by Gasteiger charge is 2.45. The minimum Gasteiger partial charge on any atom is -0.507 e. The molecule has 6 nitrogen and oxygen atoms in total.